The molecule has 1 heterocycles. The highest BCUT2D eigenvalue weighted by atomic mass is 35.5. The summed E-state index contributed by atoms with van der Waals surface area (Å²) in [6, 6.07) is 4.56. The fourth-order valence-electron chi connectivity index (χ4n) is 1.43. The van der Waals surface area contributed by atoms with Crippen molar-refractivity contribution in [2.75, 3.05) is 6.61 Å². The standard InChI is InChI=1S/C12H10ClFN2O/c1-2-17-9-3-4-11(14)10(5-9)8-6-15-12(13)16-7-8/h3-7H,2H2,1H3. The smallest absolute Gasteiger partial charge is 0.222 e. The van der Waals surface area contributed by atoms with E-state index >= 15 is 0 Å². The molecule has 1 aromatic heterocycles. The number of hydrogen-bond acceptors (Lipinski definition) is 3. The van der Waals surface area contributed by atoms with Crippen LogP contribution >= 0.6 is 11.6 Å². The summed E-state index contributed by atoms with van der Waals surface area (Å²) in [4.78, 5) is 7.64. The van der Waals surface area contributed by atoms with Gasteiger partial charge in [-0.1, -0.05) is 0 Å². The second-order valence-electron chi connectivity index (χ2n) is 3.32. The van der Waals surface area contributed by atoms with E-state index in [9.17, 15) is 4.39 Å². The summed E-state index contributed by atoms with van der Waals surface area (Å²) in [5, 5.41) is 0.134. The zero-order chi connectivity index (χ0) is 12.3. The molecule has 0 radical (unpaired) electrons. The van der Waals surface area contributed by atoms with Gasteiger partial charge in [-0.25, -0.2) is 14.4 Å². The summed E-state index contributed by atoms with van der Waals surface area (Å²) in [5.41, 5.74) is 0.959. The molecule has 0 N–H and O–H groups in total. The largest absolute Gasteiger partial charge is 0.494 e. The van der Waals surface area contributed by atoms with Crippen molar-refractivity contribution >= 4 is 11.6 Å². The Labute approximate surface area is 103 Å². The lowest BCUT2D eigenvalue weighted by Gasteiger charge is -2.07. The minimum atomic E-state index is -0.348. The third kappa shape index (κ3) is 2.71. The van der Waals surface area contributed by atoms with Crippen molar-refractivity contribution in [3.63, 3.8) is 0 Å². The van der Waals surface area contributed by atoms with Crippen molar-refractivity contribution in [1.82, 2.24) is 9.97 Å². The molecule has 2 aromatic rings. The topological polar surface area (TPSA) is 35.0 Å². The highest BCUT2D eigenvalue weighted by Gasteiger charge is 2.08. The maximum atomic E-state index is 13.7. The van der Waals surface area contributed by atoms with Gasteiger partial charge in [-0.05, 0) is 36.7 Å². The number of rotatable bonds is 3. The van der Waals surface area contributed by atoms with Crippen LogP contribution in [0.1, 0.15) is 6.92 Å². The molecule has 17 heavy (non-hydrogen) atoms. The maximum Gasteiger partial charge on any atom is 0.222 e. The number of aromatic nitrogens is 2. The Morgan fingerprint density at radius 2 is 2.00 bits per heavy atom. The molecule has 0 atom stereocenters. The van der Waals surface area contributed by atoms with Gasteiger partial charge in [0.25, 0.3) is 0 Å². The summed E-state index contributed by atoms with van der Waals surface area (Å²) in [5.74, 6) is 0.262. The van der Waals surface area contributed by atoms with E-state index in [1.54, 1.807) is 12.1 Å². The van der Waals surface area contributed by atoms with Crippen LogP contribution in [-0.2, 0) is 0 Å². The van der Waals surface area contributed by atoms with Gasteiger partial charge in [-0.2, -0.15) is 0 Å². The first kappa shape index (κ1) is 11.8. The maximum absolute atomic E-state index is 13.7. The van der Waals surface area contributed by atoms with Gasteiger partial charge < -0.3 is 4.74 Å². The molecule has 88 valence electrons. The van der Waals surface area contributed by atoms with E-state index in [2.05, 4.69) is 9.97 Å². The molecule has 3 nitrogen and oxygen atoms in total. The summed E-state index contributed by atoms with van der Waals surface area (Å²) in [7, 11) is 0. The lowest BCUT2D eigenvalue weighted by atomic mass is 10.1. The molecule has 0 saturated heterocycles. The zero-order valence-electron chi connectivity index (χ0n) is 9.15. The molecule has 0 spiro atoms. The van der Waals surface area contributed by atoms with Crippen LogP contribution in [0, 0.1) is 5.82 Å². The van der Waals surface area contributed by atoms with E-state index in [0.29, 0.717) is 23.5 Å². The van der Waals surface area contributed by atoms with Gasteiger partial charge in [0.1, 0.15) is 11.6 Å². The first-order valence-corrected chi connectivity index (χ1v) is 5.48. The summed E-state index contributed by atoms with van der Waals surface area (Å²) in [6.07, 6.45) is 2.95. The van der Waals surface area contributed by atoms with Crippen LogP contribution < -0.4 is 4.74 Å². The van der Waals surface area contributed by atoms with Crippen LogP contribution in [0.15, 0.2) is 30.6 Å². The van der Waals surface area contributed by atoms with Crippen LogP contribution in [0.3, 0.4) is 0 Å². The van der Waals surface area contributed by atoms with Crippen molar-refractivity contribution in [3.8, 4) is 16.9 Å². The van der Waals surface area contributed by atoms with Gasteiger partial charge in [-0.3, -0.25) is 0 Å². The van der Waals surface area contributed by atoms with Gasteiger partial charge in [0.2, 0.25) is 5.28 Å². The molecular formula is C12H10ClFN2O. The van der Waals surface area contributed by atoms with Gasteiger partial charge in [0, 0.05) is 23.5 Å². The van der Waals surface area contributed by atoms with E-state index < -0.39 is 0 Å². The molecule has 2 rings (SSSR count). The zero-order valence-corrected chi connectivity index (χ0v) is 9.91. The van der Waals surface area contributed by atoms with Crippen molar-refractivity contribution < 1.29 is 9.13 Å². The number of hydrogen-bond donors (Lipinski definition) is 0. The minimum Gasteiger partial charge on any atom is -0.494 e. The molecule has 0 aliphatic heterocycles. The van der Waals surface area contributed by atoms with Crippen LogP contribution in [0.5, 0.6) is 5.75 Å². The normalized spacial score (nSPS) is 10.3. The number of halogens is 2. The molecule has 0 aliphatic carbocycles. The molecule has 1 aromatic carbocycles. The van der Waals surface area contributed by atoms with Gasteiger partial charge in [0.05, 0.1) is 6.61 Å². The van der Waals surface area contributed by atoms with E-state index in [0.717, 1.165) is 0 Å². The lowest BCUT2D eigenvalue weighted by molar-refractivity contribution is 0.340. The third-order valence-corrected chi connectivity index (χ3v) is 2.38. The number of nitrogens with zero attached hydrogens (tertiary/aromatic N) is 2. The van der Waals surface area contributed by atoms with Crippen molar-refractivity contribution in [1.29, 1.82) is 0 Å². The molecule has 0 fully saturated rings. The Morgan fingerprint density at radius 3 is 2.65 bits per heavy atom. The van der Waals surface area contributed by atoms with Crippen LogP contribution in [0.4, 0.5) is 4.39 Å². The van der Waals surface area contributed by atoms with Gasteiger partial charge >= 0.3 is 0 Å². The van der Waals surface area contributed by atoms with E-state index in [1.165, 1.54) is 18.5 Å². The quantitative estimate of drug-likeness (QED) is 0.786. The van der Waals surface area contributed by atoms with E-state index in [4.69, 9.17) is 16.3 Å². The monoisotopic (exact) mass is 252 g/mol. The fraction of sp³-hybridized carbons (Fsp3) is 0.167. The second-order valence-corrected chi connectivity index (χ2v) is 3.65. The Morgan fingerprint density at radius 1 is 1.29 bits per heavy atom. The van der Waals surface area contributed by atoms with E-state index in [1.807, 2.05) is 6.92 Å². The third-order valence-electron chi connectivity index (χ3n) is 2.18. The average molecular weight is 253 g/mol. The second kappa shape index (κ2) is 5.10. The molecule has 0 unspecified atom stereocenters. The Balaban J connectivity index is 2.42. The molecular weight excluding hydrogens is 243 g/mol. The minimum absolute atomic E-state index is 0.134. The Hall–Kier alpha value is -1.68. The van der Waals surface area contributed by atoms with Gasteiger partial charge in [-0.15, -0.1) is 0 Å². The first-order chi connectivity index (χ1) is 8.20. The predicted octanol–water partition coefficient (Wildman–Crippen LogP) is 3.33. The van der Waals surface area contributed by atoms with Crippen molar-refractivity contribution in [2.24, 2.45) is 0 Å². The molecule has 0 aliphatic rings. The highest BCUT2D eigenvalue weighted by molar-refractivity contribution is 6.28. The highest BCUT2D eigenvalue weighted by Crippen LogP contribution is 2.26. The summed E-state index contributed by atoms with van der Waals surface area (Å²) >= 11 is 5.58. The summed E-state index contributed by atoms with van der Waals surface area (Å²) in [6.45, 7) is 2.40. The first-order valence-electron chi connectivity index (χ1n) is 5.11. The lowest BCUT2D eigenvalue weighted by Crippen LogP contribution is -1.94. The SMILES string of the molecule is CCOc1ccc(F)c(-c2cnc(Cl)nc2)c1. The Bertz CT molecular complexity index is 516. The van der Waals surface area contributed by atoms with Crippen LogP contribution in [0.2, 0.25) is 5.28 Å². The van der Waals surface area contributed by atoms with E-state index in [-0.39, 0.29) is 11.1 Å². The van der Waals surface area contributed by atoms with Crippen LogP contribution in [0.25, 0.3) is 11.1 Å². The predicted molar refractivity (Wildman–Crippen MR) is 63.6 cm³/mol. The molecule has 0 amide bonds. The van der Waals surface area contributed by atoms with Crippen LogP contribution in [-0.4, -0.2) is 16.6 Å². The van der Waals surface area contributed by atoms with Crippen molar-refractivity contribution in [3.05, 3.63) is 41.7 Å². The number of benzene rings is 1. The molecule has 5 heteroatoms. The van der Waals surface area contributed by atoms with Gasteiger partial charge in [0.15, 0.2) is 0 Å². The fourth-order valence-corrected chi connectivity index (χ4v) is 1.53. The Kier molecular flexibility index (Phi) is 3.54. The van der Waals surface area contributed by atoms with Crippen molar-refractivity contribution in [2.45, 2.75) is 6.92 Å². The molecule has 0 saturated carbocycles. The molecule has 0 bridgehead atoms. The summed E-state index contributed by atoms with van der Waals surface area (Å²) < 4.78 is 19.0. The number of ether oxygens (including phenoxy) is 1. The average Bonchev–Trinajstić information content (AvgIpc) is 2.33.